The number of aryl methyl sites for hydroxylation is 1. The van der Waals surface area contributed by atoms with Gasteiger partial charge >= 0.3 is 0 Å². The molecule has 0 radical (unpaired) electrons. The highest BCUT2D eigenvalue weighted by atomic mass is 32.1. The highest BCUT2D eigenvalue weighted by molar-refractivity contribution is 7.09. The Hall–Kier alpha value is -0.410. The van der Waals surface area contributed by atoms with E-state index in [1.807, 2.05) is 0 Å². The predicted octanol–water partition coefficient (Wildman–Crippen LogP) is 4.19. The van der Waals surface area contributed by atoms with Gasteiger partial charge in [-0.15, -0.1) is 11.3 Å². The molecule has 2 aliphatic carbocycles. The van der Waals surface area contributed by atoms with Crippen molar-refractivity contribution >= 4 is 11.3 Å². The van der Waals surface area contributed by atoms with Crippen LogP contribution in [0, 0.1) is 24.7 Å². The van der Waals surface area contributed by atoms with Crippen LogP contribution in [0.2, 0.25) is 0 Å². The second-order valence-electron chi connectivity index (χ2n) is 6.83. The molecule has 0 aliphatic heterocycles. The van der Waals surface area contributed by atoms with Gasteiger partial charge in [-0.1, -0.05) is 25.7 Å². The molecular weight excluding hydrogens is 264 g/mol. The Balaban J connectivity index is 1.61. The fourth-order valence-electron chi connectivity index (χ4n) is 4.51. The van der Waals surface area contributed by atoms with Crippen molar-refractivity contribution < 1.29 is 0 Å². The Labute approximate surface area is 127 Å². The lowest BCUT2D eigenvalue weighted by Crippen LogP contribution is -2.40. The summed E-state index contributed by atoms with van der Waals surface area (Å²) < 4.78 is 0. The number of hydrogen-bond acceptors (Lipinski definition) is 3. The van der Waals surface area contributed by atoms with Crippen LogP contribution in [-0.4, -0.2) is 18.1 Å². The molecule has 4 unspecified atom stereocenters. The molecule has 20 heavy (non-hydrogen) atoms. The Bertz CT molecular complexity index is 428. The summed E-state index contributed by atoms with van der Waals surface area (Å²) in [6.07, 6.45) is 11.4. The van der Waals surface area contributed by atoms with Gasteiger partial charge in [0.15, 0.2) is 0 Å². The first-order valence-electron chi connectivity index (χ1n) is 8.34. The van der Waals surface area contributed by atoms with Crippen LogP contribution in [0.4, 0.5) is 0 Å². The van der Waals surface area contributed by atoms with E-state index in [1.54, 1.807) is 11.3 Å². The molecule has 2 saturated carbocycles. The van der Waals surface area contributed by atoms with Gasteiger partial charge in [0, 0.05) is 17.8 Å². The van der Waals surface area contributed by atoms with Gasteiger partial charge in [-0.25, -0.2) is 4.98 Å². The number of nitrogens with one attached hydrogen (secondary N) is 1. The summed E-state index contributed by atoms with van der Waals surface area (Å²) in [7, 11) is 2.14. The van der Waals surface area contributed by atoms with Crippen molar-refractivity contribution in [3.8, 4) is 0 Å². The maximum absolute atomic E-state index is 4.65. The van der Waals surface area contributed by atoms with E-state index in [0.717, 1.165) is 24.2 Å². The third-order valence-corrected chi connectivity index (χ3v) is 6.44. The molecule has 2 nitrogen and oxygen atoms in total. The highest BCUT2D eigenvalue weighted by Gasteiger charge is 2.35. The van der Waals surface area contributed by atoms with E-state index < -0.39 is 0 Å². The van der Waals surface area contributed by atoms with Crippen LogP contribution in [0.1, 0.15) is 55.6 Å². The molecule has 112 valence electrons. The normalized spacial score (nSPS) is 31.8. The lowest BCUT2D eigenvalue weighted by molar-refractivity contribution is 0.111. The van der Waals surface area contributed by atoms with Crippen LogP contribution in [0.3, 0.4) is 0 Å². The molecule has 3 heteroatoms. The van der Waals surface area contributed by atoms with Gasteiger partial charge in [0.25, 0.3) is 0 Å². The van der Waals surface area contributed by atoms with E-state index in [0.29, 0.717) is 6.04 Å². The first-order valence-corrected chi connectivity index (χ1v) is 9.22. The molecule has 4 atom stereocenters. The predicted molar refractivity (Wildman–Crippen MR) is 86.2 cm³/mol. The minimum Gasteiger partial charge on any atom is -0.316 e. The monoisotopic (exact) mass is 292 g/mol. The quantitative estimate of drug-likeness (QED) is 0.900. The van der Waals surface area contributed by atoms with Crippen molar-refractivity contribution in [1.29, 1.82) is 0 Å². The summed E-state index contributed by atoms with van der Waals surface area (Å²) in [6, 6.07) is 0.624. The van der Waals surface area contributed by atoms with Crippen LogP contribution in [0.15, 0.2) is 5.38 Å². The van der Waals surface area contributed by atoms with E-state index in [4.69, 9.17) is 0 Å². The van der Waals surface area contributed by atoms with E-state index >= 15 is 0 Å². The highest BCUT2D eigenvalue weighted by Crippen LogP contribution is 2.43. The maximum atomic E-state index is 4.65. The van der Waals surface area contributed by atoms with Crippen molar-refractivity contribution in [2.75, 3.05) is 7.05 Å². The topological polar surface area (TPSA) is 24.9 Å². The molecule has 3 rings (SSSR count). The van der Waals surface area contributed by atoms with Gasteiger partial charge in [-0.2, -0.15) is 0 Å². The number of fused-ring (bicyclic) bond motifs is 1. The summed E-state index contributed by atoms with van der Waals surface area (Å²) in [5.74, 6) is 2.94. The largest absolute Gasteiger partial charge is 0.316 e. The fourth-order valence-corrected chi connectivity index (χ4v) is 5.13. The molecule has 1 N–H and O–H groups in total. The molecular formula is C17H28N2S. The van der Waals surface area contributed by atoms with Crippen molar-refractivity contribution in [3.05, 3.63) is 16.1 Å². The average molecular weight is 292 g/mol. The van der Waals surface area contributed by atoms with Gasteiger partial charge in [0.1, 0.15) is 0 Å². The molecule has 1 aromatic rings. The van der Waals surface area contributed by atoms with E-state index in [9.17, 15) is 0 Å². The molecule has 1 heterocycles. The minimum atomic E-state index is 0.624. The standard InChI is InChI=1S/C17H28N2S/c1-12-19-16(11-20-12)10-17(18-2)15-8-7-13-5-3-4-6-14(13)9-15/h11,13-15,17-18H,3-10H2,1-2H3. The number of aromatic nitrogens is 1. The van der Waals surface area contributed by atoms with E-state index in [-0.39, 0.29) is 0 Å². The minimum absolute atomic E-state index is 0.624. The van der Waals surface area contributed by atoms with Gasteiger partial charge in [0.2, 0.25) is 0 Å². The van der Waals surface area contributed by atoms with Crippen molar-refractivity contribution in [1.82, 2.24) is 10.3 Å². The molecule has 0 aromatic carbocycles. The Kier molecular flexibility index (Phi) is 4.77. The summed E-state index contributed by atoms with van der Waals surface area (Å²) in [5, 5.41) is 7.03. The molecule has 0 bridgehead atoms. The average Bonchev–Trinajstić information content (AvgIpc) is 2.89. The third kappa shape index (κ3) is 3.25. The molecule has 0 amide bonds. The van der Waals surface area contributed by atoms with Crippen LogP contribution >= 0.6 is 11.3 Å². The molecule has 0 saturated heterocycles. The number of likely N-dealkylation sites (N-methyl/N-ethyl adjacent to an activating group) is 1. The Morgan fingerprint density at radius 1 is 1.25 bits per heavy atom. The van der Waals surface area contributed by atoms with Crippen LogP contribution in [0.5, 0.6) is 0 Å². The zero-order chi connectivity index (χ0) is 13.9. The molecule has 2 fully saturated rings. The van der Waals surface area contributed by atoms with Gasteiger partial charge in [-0.3, -0.25) is 0 Å². The van der Waals surface area contributed by atoms with Crippen LogP contribution in [0.25, 0.3) is 0 Å². The number of hydrogen-bond donors (Lipinski definition) is 1. The number of thiazole rings is 1. The molecule has 1 aromatic heterocycles. The third-order valence-electron chi connectivity index (χ3n) is 5.62. The molecule has 2 aliphatic rings. The lowest BCUT2D eigenvalue weighted by Gasteiger charge is -2.42. The van der Waals surface area contributed by atoms with E-state index in [2.05, 4.69) is 29.7 Å². The first kappa shape index (κ1) is 14.5. The smallest absolute Gasteiger partial charge is 0.0897 e. The maximum Gasteiger partial charge on any atom is 0.0897 e. The summed E-state index contributed by atoms with van der Waals surface area (Å²) in [4.78, 5) is 4.65. The Morgan fingerprint density at radius 3 is 2.75 bits per heavy atom. The SMILES string of the molecule is CNC(Cc1csc(C)n1)C1CCC2CCCCC2C1. The van der Waals surface area contributed by atoms with Crippen LogP contribution in [-0.2, 0) is 6.42 Å². The Morgan fingerprint density at radius 2 is 2.05 bits per heavy atom. The second-order valence-corrected chi connectivity index (χ2v) is 7.90. The van der Waals surface area contributed by atoms with Crippen molar-refractivity contribution in [2.45, 2.75) is 64.3 Å². The van der Waals surface area contributed by atoms with Crippen LogP contribution < -0.4 is 5.32 Å². The van der Waals surface area contributed by atoms with Crippen molar-refractivity contribution in [3.63, 3.8) is 0 Å². The number of rotatable bonds is 4. The summed E-state index contributed by atoms with van der Waals surface area (Å²) in [5.41, 5.74) is 1.29. The zero-order valence-corrected chi connectivity index (χ0v) is 13.7. The molecule has 0 spiro atoms. The van der Waals surface area contributed by atoms with Gasteiger partial charge in [0.05, 0.1) is 10.7 Å². The first-order chi connectivity index (χ1) is 9.76. The van der Waals surface area contributed by atoms with Crippen molar-refractivity contribution in [2.24, 2.45) is 17.8 Å². The summed E-state index contributed by atoms with van der Waals surface area (Å²) in [6.45, 7) is 2.11. The van der Waals surface area contributed by atoms with Gasteiger partial charge < -0.3 is 5.32 Å². The van der Waals surface area contributed by atoms with Gasteiger partial charge in [-0.05, 0) is 51.0 Å². The second kappa shape index (κ2) is 6.57. The van der Waals surface area contributed by atoms with E-state index in [1.165, 1.54) is 55.6 Å². The fraction of sp³-hybridized carbons (Fsp3) is 0.824. The zero-order valence-electron chi connectivity index (χ0n) is 12.9. The lowest BCUT2D eigenvalue weighted by atomic mass is 9.66. The summed E-state index contributed by atoms with van der Waals surface area (Å²) >= 11 is 1.78. The number of nitrogens with zero attached hydrogens (tertiary/aromatic N) is 1.